The van der Waals surface area contributed by atoms with Crippen LogP contribution in [0.5, 0.6) is 0 Å². The van der Waals surface area contributed by atoms with E-state index in [9.17, 15) is 0 Å². The predicted octanol–water partition coefficient (Wildman–Crippen LogP) is 4.95. The number of fused-ring (bicyclic) bond motifs is 2. The first-order valence-electron chi connectivity index (χ1n) is 6.55. The Bertz CT molecular complexity index is 789. The molecule has 0 bridgehead atoms. The van der Waals surface area contributed by atoms with Crippen LogP contribution in [0.3, 0.4) is 0 Å². The summed E-state index contributed by atoms with van der Waals surface area (Å²) in [6.07, 6.45) is 4.55. The third-order valence-corrected chi connectivity index (χ3v) is 3.72. The van der Waals surface area contributed by atoms with Crippen LogP contribution < -0.4 is 0 Å². The highest BCUT2D eigenvalue weighted by molar-refractivity contribution is 6.03. The zero-order valence-corrected chi connectivity index (χ0v) is 10.5. The van der Waals surface area contributed by atoms with Crippen LogP contribution in [0.25, 0.3) is 22.4 Å². The first-order chi connectivity index (χ1) is 9.42. The van der Waals surface area contributed by atoms with Crippen molar-refractivity contribution in [3.63, 3.8) is 0 Å². The Morgan fingerprint density at radius 2 is 1.32 bits per heavy atom. The minimum atomic E-state index is 1.30. The average molecular weight is 241 g/mol. The highest BCUT2D eigenvalue weighted by Gasteiger charge is 2.15. The average Bonchev–Trinajstić information content (AvgIpc) is 2.90. The van der Waals surface area contributed by atoms with Crippen LogP contribution in [-0.2, 0) is 0 Å². The van der Waals surface area contributed by atoms with E-state index in [4.69, 9.17) is 0 Å². The summed E-state index contributed by atoms with van der Waals surface area (Å²) in [6, 6.07) is 23.6. The Kier molecular flexibility index (Phi) is 2.28. The number of rotatable bonds is 1. The molecule has 0 saturated carbocycles. The van der Waals surface area contributed by atoms with E-state index < -0.39 is 0 Å². The third-order valence-electron chi connectivity index (χ3n) is 3.72. The summed E-state index contributed by atoms with van der Waals surface area (Å²) in [5.41, 5.74) is 5.24. The molecule has 1 aliphatic rings. The molecule has 0 heterocycles. The van der Waals surface area contributed by atoms with Gasteiger partial charge in [0.05, 0.1) is 0 Å². The summed E-state index contributed by atoms with van der Waals surface area (Å²) < 4.78 is 0. The minimum Gasteiger partial charge on any atom is -0.0619 e. The summed E-state index contributed by atoms with van der Waals surface area (Å²) in [6.45, 7) is 0. The lowest BCUT2D eigenvalue weighted by Gasteiger charge is -2.07. The highest BCUT2D eigenvalue weighted by Crippen LogP contribution is 2.36. The van der Waals surface area contributed by atoms with E-state index in [0.29, 0.717) is 0 Å². The van der Waals surface area contributed by atoms with E-state index >= 15 is 0 Å². The van der Waals surface area contributed by atoms with Crippen molar-refractivity contribution in [3.8, 4) is 0 Å². The summed E-state index contributed by atoms with van der Waals surface area (Å²) in [4.78, 5) is 0. The van der Waals surface area contributed by atoms with Crippen LogP contribution >= 0.6 is 0 Å². The van der Waals surface area contributed by atoms with Crippen molar-refractivity contribution in [2.75, 3.05) is 0 Å². The molecule has 1 aliphatic carbocycles. The lowest BCUT2D eigenvalue weighted by Crippen LogP contribution is -1.85. The Labute approximate surface area is 113 Å². The van der Waals surface area contributed by atoms with Crippen LogP contribution in [0, 0.1) is 6.42 Å². The van der Waals surface area contributed by atoms with Crippen molar-refractivity contribution in [3.05, 3.63) is 89.8 Å². The Balaban J connectivity index is 1.90. The van der Waals surface area contributed by atoms with E-state index in [1.807, 2.05) is 0 Å². The second kappa shape index (κ2) is 4.10. The minimum absolute atomic E-state index is 1.30. The van der Waals surface area contributed by atoms with Crippen molar-refractivity contribution in [1.82, 2.24) is 0 Å². The zero-order chi connectivity index (χ0) is 12.7. The molecule has 0 unspecified atom stereocenters. The molecule has 0 amide bonds. The predicted molar refractivity (Wildman–Crippen MR) is 81.7 cm³/mol. The Morgan fingerprint density at radius 1 is 0.579 bits per heavy atom. The van der Waals surface area contributed by atoms with Gasteiger partial charge in [0.1, 0.15) is 0 Å². The summed E-state index contributed by atoms with van der Waals surface area (Å²) in [7, 11) is 0. The van der Waals surface area contributed by atoms with E-state index in [1.165, 1.54) is 33.0 Å². The highest BCUT2D eigenvalue weighted by atomic mass is 14.2. The van der Waals surface area contributed by atoms with Crippen LogP contribution in [-0.4, -0.2) is 0 Å². The molecular weight excluding hydrogens is 228 g/mol. The molecule has 4 rings (SSSR count). The standard InChI is InChI=1S/C19H13/c1-2-8-16-13-17(12-15(16)7-1)19-11-5-9-14-6-3-4-10-18(14)19/h1-13H. The molecule has 89 valence electrons. The molecule has 1 radical (unpaired) electrons. The van der Waals surface area contributed by atoms with Gasteiger partial charge >= 0.3 is 0 Å². The summed E-state index contributed by atoms with van der Waals surface area (Å²) >= 11 is 0. The lowest BCUT2D eigenvalue weighted by atomic mass is 9.97. The van der Waals surface area contributed by atoms with Gasteiger partial charge in [-0.3, -0.25) is 0 Å². The molecule has 19 heavy (non-hydrogen) atoms. The molecule has 3 aromatic carbocycles. The van der Waals surface area contributed by atoms with Gasteiger partial charge < -0.3 is 0 Å². The summed E-state index contributed by atoms with van der Waals surface area (Å²) in [5.74, 6) is 0. The lowest BCUT2D eigenvalue weighted by molar-refractivity contribution is 1.54. The first-order valence-corrected chi connectivity index (χ1v) is 6.55. The van der Waals surface area contributed by atoms with Crippen molar-refractivity contribution in [1.29, 1.82) is 0 Å². The van der Waals surface area contributed by atoms with Gasteiger partial charge in [-0.15, -0.1) is 0 Å². The van der Waals surface area contributed by atoms with Crippen LogP contribution in [0.15, 0.2) is 66.7 Å². The number of benzene rings is 3. The van der Waals surface area contributed by atoms with Gasteiger partial charge in [0.2, 0.25) is 0 Å². The van der Waals surface area contributed by atoms with Gasteiger partial charge in [-0.05, 0) is 33.0 Å². The molecular formula is C19H13. The monoisotopic (exact) mass is 241 g/mol. The maximum Gasteiger partial charge on any atom is 0.0211 e. The molecule has 0 aliphatic heterocycles. The van der Waals surface area contributed by atoms with E-state index in [-0.39, 0.29) is 0 Å². The van der Waals surface area contributed by atoms with Crippen LogP contribution in [0.1, 0.15) is 16.7 Å². The smallest absolute Gasteiger partial charge is 0.0211 e. The quantitative estimate of drug-likeness (QED) is 0.565. The van der Waals surface area contributed by atoms with Crippen LogP contribution in [0.2, 0.25) is 0 Å². The van der Waals surface area contributed by atoms with Crippen molar-refractivity contribution in [2.24, 2.45) is 0 Å². The molecule has 0 nitrogen and oxygen atoms in total. The molecule has 3 aromatic rings. The molecule has 0 spiro atoms. The van der Waals surface area contributed by atoms with E-state index in [2.05, 4.69) is 79.2 Å². The van der Waals surface area contributed by atoms with Crippen LogP contribution in [0.4, 0.5) is 0 Å². The maximum atomic E-state index is 2.27. The van der Waals surface area contributed by atoms with Gasteiger partial charge in [-0.2, -0.15) is 0 Å². The SMILES string of the molecule is [CH]1C(c2cccc3ccccc23)=Cc2ccccc21. The zero-order valence-electron chi connectivity index (χ0n) is 10.5. The van der Waals surface area contributed by atoms with Gasteiger partial charge in [-0.1, -0.05) is 72.8 Å². The number of allylic oxidation sites excluding steroid dienone is 1. The molecule has 0 fully saturated rings. The van der Waals surface area contributed by atoms with Crippen molar-refractivity contribution in [2.45, 2.75) is 0 Å². The molecule has 0 N–H and O–H groups in total. The Morgan fingerprint density at radius 3 is 2.21 bits per heavy atom. The summed E-state index contributed by atoms with van der Waals surface area (Å²) in [5, 5.41) is 2.62. The second-order valence-corrected chi connectivity index (χ2v) is 4.90. The molecule has 0 saturated heterocycles. The normalized spacial score (nSPS) is 13.4. The van der Waals surface area contributed by atoms with Crippen molar-refractivity contribution >= 4 is 22.4 Å². The van der Waals surface area contributed by atoms with Gasteiger partial charge in [0, 0.05) is 6.42 Å². The van der Waals surface area contributed by atoms with Gasteiger partial charge in [0.15, 0.2) is 0 Å². The molecule has 0 atom stereocenters. The van der Waals surface area contributed by atoms with Gasteiger partial charge in [0.25, 0.3) is 0 Å². The number of hydrogen-bond acceptors (Lipinski definition) is 0. The fraction of sp³-hybridized carbons (Fsp3) is 0. The maximum absolute atomic E-state index is 2.27. The van der Waals surface area contributed by atoms with E-state index in [0.717, 1.165) is 0 Å². The topological polar surface area (TPSA) is 0 Å². The molecule has 0 heteroatoms. The Hall–Kier alpha value is -2.34. The second-order valence-electron chi connectivity index (χ2n) is 4.90. The third kappa shape index (κ3) is 1.68. The number of hydrogen-bond donors (Lipinski definition) is 0. The largest absolute Gasteiger partial charge is 0.0619 e. The van der Waals surface area contributed by atoms with Gasteiger partial charge in [-0.25, -0.2) is 0 Å². The van der Waals surface area contributed by atoms with Crippen molar-refractivity contribution < 1.29 is 0 Å². The first kappa shape index (κ1) is 10.6. The molecule has 0 aromatic heterocycles. The fourth-order valence-electron chi connectivity index (χ4n) is 2.78. The fourth-order valence-corrected chi connectivity index (χ4v) is 2.78. The van der Waals surface area contributed by atoms with E-state index in [1.54, 1.807) is 0 Å².